The largest absolute Gasteiger partial charge is 0.275 e. The third-order valence-corrected chi connectivity index (χ3v) is 6.10. The maximum atomic E-state index is 4.96. The highest BCUT2D eigenvalue weighted by Crippen LogP contribution is 2.27. The summed E-state index contributed by atoms with van der Waals surface area (Å²) in [4.78, 5) is 4.96. The molecule has 0 unspecified atom stereocenters. The maximum absolute atomic E-state index is 4.96. The van der Waals surface area contributed by atoms with E-state index in [1.54, 1.807) is 0 Å². The lowest BCUT2D eigenvalue weighted by atomic mass is 10.1. The van der Waals surface area contributed by atoms with Crippen molar-refractivity contribution in [1.29, 1.82) is 0 Å². The molecule has 0 spiro atoms. The first-order valence-electron chi connectivity index (χ1n) is 12.0. The van der Waals surface area contributed by atoms with Crippen LogP contribution in [0, 0.1) is 6.92 Å². The Hall–Kier alpha value is -2.75. The average molecular weight is 415 g/mol. The molecule has 4 nitrogen and oxygen atoms in total. The number of aromatic nitrogens is 4. The molecule has 0 bridgehead atoms. The zero-order chi connectivity index (χ0) is 21.5. The summed E-state index contributed by atoms with van der Waals surface area (Å²) in [5, 5.41) is 9.18. The number of rotatable bonds is 11. The normalized spacial score (nSPS) is 11.5. The van der Waals surface area contributed by atoms with Crippen molar-refractivity contribution in [2.75, 3.05) is 0 Å². The minimum atomic E-state index is 0.857. The molecule has 4 rings (SSSR count). The molecular weight excluding hydrogens is 380 g/mol. The van der Waals surface area contributed by atoms with Gasteiger partial charge in [0.05, 0.1) is 11.0 Å². The van der Waals surface area contributed by atoms with Crippen LogP contribution in [0.2, 0.25) is 0 Å². The number of benzene rings is 2. The Morgan fingerprint density at radius 3 is 2.23 bits per heavy atom. The van der Waals surface area contributed by atoms with Crippen LogP contribution in [0.3, 0.4) is 0 Å². The predicted octanol–water partition coefficient (Wildman–Crippen LogP) is 7.33. The number of hydrogen-bond donors (Lipinski definition) is 0. The van der Waals surface area contributed by atoms with Gasteiger partial charge in [0.2, 0.25) is 0 Å². The molecule has 0 atom stereocenters. The van der Waals surface area contributed by atoms with Crippen molar-refractivity contribution in [3.63, 3.8) is 0 Å². The van der Waals surface area contributed by atoms with Gasteiger partial charge in [-0.05, 0) is 31.0 Å². The number of nitrogens with zero attached hydrogens (tertiary/aromatic N) is 4. The lowest BCUT2D eigenvalue weighted by molar-refractivity contribution is 0.561. The summed E-state index contributed by atoms with van der Waals surface area (Å²) in [7, 11) is 0. The van der Waals surface area contributed by atoms with Crippen LogP contribution in [0.1, 0.15) is 76.1 Å². The summed E-state index contributed by atoms with van der Waals surface area (Å²) >= 11 is 0. The minimum Gasteiger partial charge on any atom is -0.275 e. The van der Waals surface area contributed by atoms with E-state index in [9.17, 15) is 0 Å². The summed E-state index contributed by atoms with van der Waals surface area (Å²) in [5.74, 6) is 1.05. The van der Waals surface area contributed by atoms with Crippen molar-refractivity contribution in [2.45, 2.75) is 78.1 Å². The zero-order valence-electron chi connectivity index (χ0n) is 19.0. The first-order chi connectivity index (χ1) is 15.3. The highest BCUT2D eigenvalue weighted by Gasteiger charge is 2.16. The van der Waals surface area contributed by atoms with Crippen LogP contribution in [-0.2, 0) is 6.42 Å². The van der Waals surface area contributed by atoms with E-state index in [0.29, 0.717) is 0 Å². The summed E-state index contributed by atoms with van der Waals surface area (Å²) in [6.45, 7) is 4.40. The lowest BCUT2D eigenvalue weighted by Gasteiger charge is -2.10. The van der Waals surface area contributed by atoms with E-state index in [1.807, 2.05) is 18.2 Å². The molecule has 4 heteroatoms. The number of aryl methyl sites for hydroxylation is 2. The second kappa shape index (κ2) is 10.5. The van der Waals surface area contributed by atoms with E-state index in [0.717, 1.165) is 46.6 Å². The van der Waals surface area contributed by atoms with E-state index in [-0.39, 0.29) is 0 Å². The molecule has 2 aromatic carbocycles. The molecule has 0 saturated carbocycles. The van der Waals surface area contributed by atoms with Crippen LogP contribution in [0.25, 0.3) is 27.9 Å². The van der Waals surface area contributed by atoms with Gasteiger partial charge in [0.1, 0.15) is 11.5 Å². The lowest BCUT2D eigenvalue weighted by Crippen LogP contribution is -2.01. The van der Waals surface area contributed by atoms with Gasteiger partial charge in [-0.15, -0.1) is 10.2 Å². The molecule has 162 valence electrons. The molecule has 0 aliphatic rings. The number of hydrogen-bond acceptors (Lipinski definition) is 3. The Labute approximate surface area is 185 Å². The molecule has 2 heterocycles. The van der Waals surface area contributed by atoms with Gasteiger partial charge in [-0.1, -0.05) is 94.7 Å². The van der Waals surface area contributed by atoms with Gasteiger partial charge in [0.15, 0.2) is 5.65 Å². The van der Waals surface area contributed by atoms with Crippen molar-refractivity contribution < 1.29 is 0 Å². The van der Waals surface area contributed by atoms with Gasteiger partial charge < -0.3 is 0 Å². The van der Waals surface area contributed by atoms with Crippen LogP contribution in [0.5, 0.6) is 0 Å². The van der Waals surface area contributed by atoms with Gasteiger partial charge in [0, 0.05) is 12.0 Å². The molecule has 31 heavy (non-hydrogen) atoms. The van der Waals surface area contributed by atoms with Gasteiger partial charge in [-0.3, -0.25) is 4.40 Å². The van der Waals surface area contributed by atoms with Gasteiger partial charge in [-0.2, -0.15) is 0 Å². The third-order valence-electron chi connectivity index (χ3n) is 6.10. The van der Waals surface area contributed by atoms with Crippen molar-refractivity contribution in [1.82, 2.24) is 19.6 Å². The predicted molar refractivity (Wildman–Crippen MR) is 129 cm³/mol. The maximum Gasteiger partial charge on any atom is 0.187 e. The topological polar surface area (TPSA) is 43.1 Å². The zero-order valence-corrected chi connectivity index (χ0v) is 19.0. The summed E-state index contributed by atoms with van der Waals surface area (Å²) in [6.07, 6.45) is 12.9. The van der Waals surface area contributed by atoms with Crippen LogP contribution in [0.15, 0.2) is 48.5 Å². The second-order valence-electron chi connectivity index (χ2n) is 8.67. The standard InChI is InChI=1S/C27H34N4/c1-3-4-5-6-7-8-9-10-14-17-25-29-30-27-26(22-15-12-11-13-16-22)28-23-19-18-21(2)20-24(23)31(25)27/h11-13,15-16,18-20H,3-10,14,17H2,1-2H3. The Morgan fingerprint density at radius 2 is 1.48 bits per heavy atom. The molecule has 0 saturated heterocycles. The summed E-state index contributed by atoms with van der Waals surface area (Å²) in [6, 6.07) is 16.8. The van der Waals surface area contributed by atoms with E-state index in [4.69, 9.17) is 4.98 Å². The van der Waals surface area contributed by atoms with Crippen molar-refractivity contribution >= 4 is 16.7 Å². The second-order valence-corrected chi connectivity index (χ2v) is 8.67. The molecule has 2 aromatic heterocycles. The van der Waals surface area contributed by atoms with E-state index >= 15 is 0 Å². The van der Waals surface area contributed by atoms with E-state index in [1.165, 1.54) is 56.9 Å². The van der Waals surface area contributed by atoms with Crippen LogP contribution in [0.4, 0.5) is 0 Å². The third kappa shape index (κ3) is 5.12. The average Bonchev–Trinajstić information content (AvgIpc) is 3.22. The Bertz CT molecular complexity index is 1110. The molecule has 0 aliphatic carbocycles. The van der Waals surface area contributed by atoms with E-state index < -0.39 is 0 Å². The molecule has 0 amide bonds. The van der Waals surface area contributed by atoms with Gasteiger partial charge in [-0.25, -0.2) is 4.98 Å². The van der Waals surface area contributed by atoms with Gasteiger partial charge >= 0.3 is 0 Å². The summed E-state index contributed by atoms with van der Waals surface area (Å²) in [5.41, 5.74) is 6.16. The quantitative estimate of drug-likeness (QED) is 0.241. The molecule has 0 aliphatic heterocycles. The Morgan fingerprint density at radius 1 is 0.774 bits per heavy atom. The fourth-order valence-electron chi connectivity index (χ4n) is 4.35. The fraction of sp³-hybridized carbons (Fsp3) is 0.444. The summed E-state index contributed by atoms with van der Waals surface area (Å²) < 4.78 is 2.24. The van der Waals surface area contributed by atoms with Crippen molar-refractivity contribution in [3.05, 3.63) is 59.9 Å². The first-order valence-corrected chi connectivity index (χ1v) is 12.0. The van der Waals surface area contributed by atoms with Crippen molar-refractivity contribution in [2.24, 2.45) is 0 Å². The Kier molecular flexibility index (Phi) is 7.29. The van der Waals surface area contributed by atoms with Crippen molar-refractivity contribution in [3.8, 4) is 11.3 Å². The minimum absolute atomic E-state index is 0.857. The highest BCUT2D eigenvalue weighted by atomic mass is 15.3. The fourth-order valence-corrected chi connectivity index (χ4v) is 4.35. The molecular formula is C27H34N4. The highest BCUT2D eigenvalue weighted by molar-refractivity contribution is 5.86. The molecule has 0 fully saturated rings. The van der Waals surface area contributed by atoms with Crippen LogP contribution >= 0.6 is 0 Å². The van der Waals surface area contributed by atoms with Gasteiger partial charge in [0.25, 0.3) is 0 Å². The monoisotopic (exact) mass is 414 g/mol. The molecule has 0 radical (unpaired) electrons. The number of fused-ring (bicyclic) bond motifs is 3. The molecule has 0 N–H and O–H groups in total. The Balaban J connectivity index is 1.53. The first kappa shape index (κ1) is 21.5. The van der Waals surface area contributed by atoms with Crippen LogP contribution in [-0.4, -0.2) is 19.6 Å². The van der Waals surface area contributed by atoms with Crippen LogP contribution < -0.4 is 0 Å². The molecule has 4 aromatic rings. The SMILES string of the molecule is CCCCCCCCCCCc1nnc2c(-c3ccccc3)nc3ccc(C)cc3n12. The smallest absolute Gasteiger partial charge is 0.187 e. The number of unbranched alkanes of at least 4 members (excludes halogenated alkanes) is 8. The van der Waals surface area contributed by atoms with E-state index in [2.05, 4.69) is 58.8 Å².